The van der Waals surface area contributed by atoms with Crippen LogP contribution in [0.15, 0.2) is 66.7 Å². The van der Waals surface area contributed by atoms with Gasteiger partial charge in [-0.25, -0.2) is 4.98 Å². The van der Waals surface area contributed by atoms with E-state index in [4.69, 9.17) is 26.4 Å². The standard InChI is InChI=1S/C22H19N3O3S/c1-26-19-12-17-18(13-20(19)27-2)24-22(29)25-21(17)23-14-8-10-16(11-9-14)28-15-6-4-3-5-7-15/h3-13H,1-2H3,(H2,23,24,25,29). The Morgan fingerprint density at radius 1 is 0.862 bits per heavy atom. The van der Waals surface area contributed by atoms with E-state index in [0.717, 1.165) is 28.1 Å². The lowest BCUT2D eigenvalue weighted by Crippen LogP contribution is -1.99. The summed E-state index contributed by atoms with van der Waals surface area (Å²) in [7, 11) is 3.19. The van der Waals surface area contributed by atoms with Gasteiger partial charge in [-0.15, -0.1) is 0 Å². The molecule has 0 radical (unpaired) electrons. The van der Waals surface area contributed by atoms with E-state index in [1.807, 2.05) is 66.7 Å². The number of nitrogens with zero attached hydrogens (tertiary/aromatic N) is 1. The third-order valence-corrected chi connectivity index (χ3v) is 4.52. The van der Waals surface area contributed by atoms with Crippen molar-refractivity contribution < 1.29 is 14.2 Å². The molecule has 0 spiro atoms. The van der Waals surface area contributed by atoms with Crippen LogP contribution in [-0.2, 0) is 0 Å². The number of fused-ring (bicyclic) bond motifs is 1. The van der Waals surface area contributed by atoms with Crippen LogP contribution in [-0.4, -0.2) is 24.2 Å². The van der Waals surface area contributed by atoms with E-state index in [1.54, 1.807) is 14.2 Å². The Balaban J connectivity index is 1.64. The molecule has 0 aliphatic heterocycles. The largest absolute Gasteiger partial charge is 0.493 e. The Bertz CT molecular complexity index is 1190. The zero-order chi connectivity index (χ0) is 20.2. The van der Waals surface area contributed by atoms with Crippen molar-refractivity contribution in [2.24, 2.45) is 0 Å². The molecule has 4 aromatic rings. The molecule has 0 saturated heterocycles. The third-order valence-electron chi connectivity index (χ3n) is 4.33. The first kappa shape index (κ1) is 18.8. The molecule has 29 heavy (non-hydrogen) atoms. The maximum atomic E-state index is 5.83. The predicted molar refractivity (Wildman–Crippen MR) is 116 cm³/mol. The number of hydrogen-bond donors (Lipinski definition) is 2. The SMILES string of the molecule is COc1cc2[nH]c(=S)nc(Nc3ccc(Oc4ccccc4)cc3)c2cc1OC. The van der Waals surface area contributed by atoms with Gasteiger partial charge in [0.05, 0.1) is 19.7 Å². The lowest BCUT2D eigenvalue weighted by Gasteiger charge is -2.13. The summed E-state index contributed by atoms with van der Waals surface area (Å²) in [6, 6.07) is 21.0. The van der Waals surface area contributed by atoms with E-state index in [0.29, 0.717) is 22.1 Å². The van der Waals surface area contributed by atoms with Crippen LogP contribution in [0.4, 0.5) is 11.5 Å². The van der Waals surface area contributed by atoms with Crippen LogP contribution in [0.5, 0.6) is 23.0 Å². The lowest BCUT2D eigenvalue weighted by atomic mass is 10.2. The Hall–Kier alpha value is -3.58. The molecule has 0 atom stereocenters. The average molecular weight is 405 g/mol. The van der Waals surface area contributed by atoms with Crippen molar-refractivity contribution in [3.8, 4) is 23.0 Å². The van der Waals surface area contributed by atoms with Gasteiger partial charge in [0.2, 0.25) is 0 Å². The number of nitrogens with one attached hydrogen (secondary N) is 2. The minimum atomic E-state index is 0.372. The second-order valence-corrected chi connectivity index (χ2v) is 6.59. The van der Waals surface area contributed by atoms with Crippen molar-refractivity contribution in [1.29, 1.82) is 0 Å². The Labute approximate surface area is 173 Å². The van der Waals surface area contributed by atoms with E-state index in [2.05, 4.69) is 15.3 Å². The number of benzene rings is 3. The fraction of sp³-hybridized carbons (Fsp3) is 0.0909. The molecule has 0 amide bonds. The first-order valence-electron chi connectivity index (χ1n) is 8.92. The van der Waals surface area contributed by atoms with E-state index >= 15 is 0 Å². The van der Waals surface area contributed by atoms with Gasteiger partial charge in [-0.2, -0.15) is 0 Å². The monoisotopic (exact) mass is 405 g/mol. The summed E-state index contributed by atoms with van der Waals surface area (Å²) >= 11 is 5.28. The van der Waals surface area contributed by atoms with Crippen molar-refractivity contribution in [2.75, 3.05) is 19.5 Å². The Morgan fingerprint density at radius 3 is 2.21 bits per heavy atom. The summed E-state index contributed by atoms with van der Waals surface area (Å²) in [5.74, 6) is 3.39. The van der Waals surface area contributed by atoms with Crippen molar-refractivity contribution in [2.45, 2.75) is 0 Å². The van der Waals surface area contributed by atoms with Gasteiger partial charge in [-0.3, -0.25) is 0 Å². The maximum Gasteiger partial charge on any atom is 0.199 e. The molecule has 146 valence electrons. The fourth-order valence-corrected chi connectivity index (χ4v) is 3.15. The van der Waals surface area contributed by atoms with Gasteiger partial charge in [0.15, 0.2) is 16.3 Å². The normalized spacial score (nSPS) is 10.6. The highest BCUT2D eigenvalue weighted by atomic mass is 32.1. The second-order valence-electron chi connectivity index (χ2n) is 6.21. The number of hydrogen-bond acceptors (Lipinski definition) is 6. The average Bonchev–Trinajstić information content (AvgIpc) is 2.75. The molecule has 0 fully saturated rings. The minimum Gasteiger partial charge on any atom is -0.493 e. The second kappa shape index (κ2) is 8.20. The van der Waals surface area contributed by atoms with Crippen molar-refractivity contribution in [3.05, 3.63) is 71.5 Å². The molecule has 1 aromatic heterocycles. The van der Waals surface area contributed by atoms with Gasteiger partial charge in [-0.1, -0.05) is 18.2 Å². The summed E-state index contributed by atoms with van der Waals surface area (Å²) in [5.41, 5.74) is 1.66. The number of rotatable bonds is 6. The number of aromatic amines is 1. The molecule has 6 nitrogen and oxygen atoms in total. The number of aromatic nitrogens is 2. The summed E-state index contributed by atoms with van der Waals surface area (Å²) in [6.45, 7) is 0. The summed E-state index contributed by atoms with van der Waals surface area (Å²) in [6.07, 6.45) is 0. The van der Waals surface area contributed by atoms with Crippen LogP contribution in [0, 0.1) is 4.77 Å². The lowest BCUT2D eigenvalue weighted by molar-refractivity contribution is 0.356. The van der Waals surface area contributed by atoms with Crippen molar-refractivity contribution >= 4 is 34.6 Å². The van der Waals surface area contributed by atoms with Gasteiger partial charge >= 0.3 is 0 Å². The van der Waals surface area contributed by atoms with Crippen LogP contribution in [0.1, 0.15) is 0 Å². The molecule has 0 aliphatic carbocycles. The Morgan fingerprint density at radius 2 is 1.52 bits per heavy atom. The molecule has 0 bridgehead atoms. The highest BCUT2D eigenvalue weighted by Crippen LogP contribution is 2.34. The summed E-state index contributed by atoms with van der Waals surface area (Å²) in [4.78, 5) is 7.52. The topological polar surface area (TPSA) is 68.4 Å². The Kier molecular flexibility index (Phi) is 5.31. The molecular formula is C22H19N3O3S. The van der Waals surface area contributed by atoms with Crippen molar-refractivity contribution in [1.82, 2.24) is 9.97 Å². The molecule has 1 heterocycles. The van der Waals surface area contributed by atoms with Crippen LogP contribution >= 0.6 is 12.2 Å². The maximum absolute atomic E-state index is 5.83. The molecule has 0 saturated carbocycles. The number of anilines is 2. The van der Waals surface area contributed by atoms with E-state index in [-0.39, 0.29) is 0 Å². The molecule has 7 heteroatoms. The van der Waals surface area contributed by atoms with Crippen molar-refractivity contribution in [3.63, 3.8) is 0 Å². The predicted octanol–water partition coefficient (Wildman–Crippen LogP) is 5.85. The zero-order valence-electron chi connectivity index (χ0n) is 15.9. The molecular weight excluding hydrogens is 386 g/mol. The minimum absolute atomic E-state index is 0.372. The number of para-hydroxylation sites is 1. The number of ether oxygens (including phenoxy) is 3. The first-order chi connectivity index (χ1) is 14.2. The van der Waals surface area contributed by atoms with Crippen LogP contribution < -0.4 is 19.5 Å². The number of methoxy groups -OCH3 is 2. The van der Waals surface area contributed by atoms with Gasteiger partial charge in [0.1, 0.15) is 17.3 Å². The van der Waals surface area contributed by atoms with Gasteiger partial charge in [0.25, 0.3) is 0 Å². The summed E-state index contributed by atoms with van der Waals surface area (Å²) < 4.78 is 17.0. The zero-order valence-corrected chi connectivity index (χ0v) is 16.7. The number of H-pyrrole nitrogens is 1. The molecule has 2 N–H and O–H groups in total. The fourth-order valence-electron chi connectivity index (χ4n) is 2.95. The smallest absolute Gasteiger partial charge is 0.199 e. The highest BCUT2D eigenvalue weighted by molar-refractivity contribution is 7.71. The van der Waals surface area contributed by atoms with Crippen LogP contribution in [0.2, 0.25) is 0 Å². The molecule has 0 unspecified atom stereocenters. The van der Waals surface area contributed by atoms with Crippen LogP contribution in [0.25, 0.3) is 10.9 Å². The van der Waals surface area contributed by atoms with Crippen LogP contribution in [0.3, 0.4) is 0 Å². The van der Waals surface area contributed by atoms with Gasteiger partial charge in [-0.05, 0) is 54.7 Å². The summed E-state index contributed by atoms with van der Waals surface area (Å²) in [5, 5.41) is 4.15. The first-order valence-corrected chi connectivity index (χ1v) is 9.33. The molecule has 0 aliphatic rings. The van der Waals surface area contributed by atoms with E-state index in [1.165, 1.54) is 0 Å². The molecule has 3 aromatic carbocycles. The third kappa shape index (κ3) is 4.14. The van der Waals surface area contributed by atoms with E-state index in [9.17, 15) is 0 Å². The quantitative estimate of drug-likeness (QED) is 0.393. The van der Waals surface area contributed by atoms with E-state index < -0.39 is 0 Å². The van der Waals surface area contributed by atoms with Gasteiger partial charge in [0, 0.05) is 17.1 Å². The molecule has 4 rings (SSSR count). The van der Waals surface area contributed by atoms with Gasteiger partial charge < -0.3 is 24.5 Å². The highest BCUT2D eigenvalue weighted by Gasteiger charge is 2.11.